The number of phenolic OH excluding ortho intramolecular Hbond substituents is 1. The maximum absolute atomic E-state index is 11.4. The van der Waals surface area contributed by atoms with E-state index in [0.29, 0.717) is 43.9 Å². The van der Waals surface area contributed by atoms with E-state index in [1.165, 1.54) is 19.1 Å². The smallest absolute Gasteiger partial charge is 0.490 e. The van der Waals surface area contributed by atoms with E-state index < -0.39 is 23.5 Å². The van der Waals surface area contributed by atoms with Gasteiger partial charge in [-0.3, -0.25) is 9.69 Å². The fourth-order valence-electron chi connectivity index (χ4n) is 3.98. The van der Waals surface area contributed by atoms with Crippen LogP contribution in [0.25, 0.3) is 0 Å². The van der Waals surface area contributed by atoms with E-state index in [4.69, 9.17) is 24.1 Å². The number of benzene rings is 2. The van der Waals surface area contributed by atoms with Gasteiger partial charge < -0.3 is 34.8 Å². The van der Waals surface area contributed by atoms with E-state index in [1.54, 1.807) is 13.0 Å². The summed E-state index contributed by atoms with van der Waals surface area (Å²) in [6.45, 7) is 4.94. The molecule has 1 fully saturated rings. The van der Waals surface area contributed by atoms with Gasteiger partial charge in [0.2, 0.25) is 5.91 Å². The minimum Gasteiger partial charge on any atom is -0.508 e. The Balaban J connectivity index is 0.000000505. The first kappa shape index (κ1) is 28.9. The molecule has 2 heterocycles. The Morgan fingerprint density at radius 3 is 2.16 bits per heavy atom. The Hall–Kier alpha value is -3.71. The number of carboxylic acids is 1. The summed E-state index contributed by atoms with van der Waals surface area (Å²) in [5.74, 6) is -1.76. The molecular formula is C25H29F3N2O8. The van der Waals surface area contributed by atoms with E-state index in [-0.39, 0.29) is 18.3 Å². The van der Waals surface area contributed by atoms with Crippen molar-refractivity contribution < 1.29 is 52.3 Å². The molecule has 38 heavy (non-hydrogen) atoms. The second kappa shape index (κ2) is 11.4. The molecule has 1 saturated heterocycles. The van der Waals surface area contributed by atoms with E-state index in [2.05, 4.69) is 10.2 Å². The number of rotatable bonds is 6. The van der Waals surface area contributed by atoms with Crippen LogP contribution in [0.1, 0.15) is 26.7 Å². The van der Waals surface area contributed by atoms with Crippen molar-refractivity contribution in [1.29, 1.82) is 0 Å². The first-order valence-corrected chi connectivity index (χ1v) is 11.6. The summed E-state index contributed by atoms with van der Waals surface area (Å²) in [6.07, 6.45) is -3.70. The summed E-state index contributed by atoms with van der Waals surface area (Å²) < 4.78 is 49.7. The Bertz CT molecular complexity index is 1120. The highest BCUT2D eigenvalue weighted by Gasteiger charge is 2.45. The van der Waals surface area contributed by atoms with Gasteiger partial charge in [0.1, 0.15) is 23.7 Å². The Kier molecular flexibility index (Phi) is 8.62. The number of para-hydroxylation sites is 2. The molecule has 4 rings (SSSR count). The number of likely N-dealkylation sites (tertiary alicyclic amines) is 1. The van der Waals surface area contributed by atoms with E-state index in [1.807, 2.05) is 24.3 Å². The van der Waals surface area contributed by atoms with Crippen molar-refractivity contribution in [3.63, 3.8) is 0 Å². The zero-order chi connectivity index (χ0) is 28.1. The number of amides is 1. The number of carbonyl (C=O) groups excluding carboxylic acids is 1. The number of nitrogens with zero attached hydrogens (tertiary/aromatic N) is 1. The van der Waals surface area contributed by atoms with Gasteiger partial charge in [0.25, 0.3) is 5.79 Å². The van der Waals surface area contributed by atoms with Crippen LogP contribution < -0.4 is 19.5 Å². The number of aromatic hydroxyl groups is 1. The number of aliphatic hydroxyl groups is 1. The fraction of sp³-hybridized carbons (Fsp3) is 0.440. The number of alkyl halides is 3. The van der Waals surface area contributed by atoms with Gasteiger partial charge in [-0.1, -0.05) is 12.1 Å². The number of piperidine rings is 1. The van der Waals surface area contributed by atoms with Crippen molar-refractivity contribution in [1.82, 2.24) is 4.90 Å². The third-order valence-corrected chi connectivity index (χ3v) is 5.68. The number of carboxylic acid groups (broad SMARTS) is 1. The van der Waals surface area contributed by atoms with Crippen molar-refractivity contribution in [2.24, 2.45) is 0 Å². The van der Waals surface area contributed by atoms with Gasteiger partial charge >= 0.3 is 12.1 Å². The molecule has 2 aromatic carbocycles. The maximum atomic E-state index is 11.4. The molecule has 0 unspecified atom stereocenters. The molecule has 0 aromatic heterocycles. The predicted octanol–water partition coefficient (Wildman–Crippen LogP) is 3.38. The van der Waals surface area contributed by atoms with Gasteiger partial charge in [-0.2, -0.15) is 13.2 Å². The fourth-order valence-corrected chi connectivity index (χ4v) is 3.98. The van der Waals surface area contributed by atoms with Crippen molar-refractivity contribution >= 4 is 17.6 Å². The van der Waals surface area contributed by atoms with Crippen LogP contribution >= 0.6 is 0 Å². The lowest BCUT2D eigenvalue weighted by Crippen LogP contribution is -2.53. The summed E-state index contributed by atoms with van der Waals surface area (Å²) in [5.41, 5.74) is -0.694. The largest absolute Gasteiger partial charge is 0.508 e. The van der Waals surface area contributed by atoms with E-state index >= 15 is 0 Å². The number of nitrogens with one attached hydrogen (secondary N) is 1. The Morgan fingerprint density at radius 1 is 1.11 bits per heavy atom. The quantitative estimate of drug-likeness (QED) is 0.405. The normalized spacial score (nSPS) is 17.6. The van der Waals surface area contributed by atoms with Crippen LogP contribution in [-0.4, -0.2) is 75.9 Å². The summed E-state index contributed by atoms with van der Waals surface area (Å²) in [7, 11) is 0. The number of hydrogen-bond acceptors (Lipinski definition) is 8. The van der Waals surface area contributed by atoms with Gasteiger partial charge in [0, 0.05) is 45.5 Å². The minimum atomic E-state index is -5.08. The number of phenols is 1. The first-order chi connectivity index (χ1) is 17.7. The lowest BCUT2D eigenvalue weighted by Gasteiger charge is -2.39. The SMILES string of the molecule is CC(=O)Nc1ccc(O)cc1OC[C@](C)(O)CN1CCC2(CC1)Oc1ccccc1O2.O=C(O)C(F)(F)F. The second-order valence-corrected chi connectivity index (χ2v) is 9.29. The molecule has 0 radical (unpaired) electrons. The maximum Gasteiger partial charge on any atom is 0.490 e. The van der Waals surface area contributed by atoms with Gasteiger partial charge in [-0.05, 0) is 31.2 Å². The molecule has 2 aliphatic heterocycles. The first-order valence-electron chi connectivity index (χ1n) is 11.6. The molecule has 2 aliphatic rings. The zero-order valence-electron chi connectivity index (χ0n) is 20.7. The number of fused-ring (bicyclic) bond motifs is 1. The lowest BCUT2D eigenvalue weighted by atomic mass is 10.0. The van der Waals surface area contributed by atoms with Gasteiger partial charge in [-0.15, -0.1) is 0 Å². The summed E-state index contributed by atoms with van der Waals surface area (Å²) >= 11 is 0. The predicted molar refractivity (Wildman–Crippen MR) is 128 cm³/mol. The van der Waals surface area contributed by atoms with Crippen LogP contribution in [0, 0.1) is 0 Å². The molecule has 0 aliphatic carbocycles. The highest BCUT2D eigenvalue weighted by Crippen LogP contribution is 2.43. The van der Waals surface area contributed by atoms with Gasteiger partial charge in [0.15, 0.2) is 11.5 Å². The molecule has 0 saturated carbocycles. The van der Waals surface area contributed by atoms with Crippen molar-refractivity contribution in [2.45, 2.75) is 44.3 Å². The standard InChI is InChI=1S/C23H28N2O6.C2HF3O2/c1-16(26)24-18-8-7-17(27)13-21(18)29-15-22(2,28)14-25-11-9-23(10-12-25)30-19-5-3-4-6-20(19)31-23;3-2(4,5)1(6)7/h3-8,13,27-28H,9-12,14-15H2,1-2H3,(H,24,26);(H,6,7)/t22-;/m1./s1. The van der Waals surface area contributed by atoms with Crippen LogP contribution in [0.3, 0.4) is 0 Å². The molecule has 10 nitrogen and oxygen atoms in total. The number of ether oxygens (including phenoxy) is 3. The van der Waals surface area contributed by atoms with Gasteiger partial charge in [0.05, 0.1) is 5.69 Å². The van der Waals surface area contributed by atoms with Crippen molar-refractivity contribution in [2.75, 3.05) is 31.6 Å². The Morgan fingerprint density at radius 2 is 1.66 bits per heavy atom. The molecule has 4 N–H and O–H groups in total. The number of aliphatic carboxylic acids is 1. The third kappa shape index (κ3) is 7.89. The molecular weight excluding hydrogens is 513 g/mol. The molecule has 1 amide bonds. The van der Waals surface area contributed by atoms with Crippen molar-refractivity contribution in [3.05, 3.63) is 42.5 Å². The van der Waals surface area contributed by atoms with Crippen LogP contribution in [0.2, 0.25) is 0 Å². The second-order valence-electron chi connectivity index (χ2n) is 9.29. The van der Waals surface area contributed by atoms with Crippen LogP contribution in [0.15, 0.2) is 42.5 Å². The molecule has 13 heteroatoms. The molecule has 0 bridgehead atoms. The number of β-amino-alcohol motifs (C(OH)–C–C–N with tert-alkyl or cyclic N) is 1. The topological polar surface area (TPSA) is 138 Å². The molecule has 2 aromatic rings. The monoisotopic (exact) mass is 542 g/mol. The number of hydrogen-bond donors (Lipinski definition) is 4. The van der Waals surface area contributed by atoms with Crippen LogP contribution in [0.5, 0.6) is 23.0 Å². The highest BCUT2D eigenvalue weighted by molar-refractivity contribution is 5.90. The van der Waals surface area contributed by atoms with E-state index in [9.17, 15) is 28.2 Å². The summed E-state index contributed by atoms with van der Waals surface area (Å²) in [4.78, 5) is 22.4. The average molecular weight is 543 g/mol. The molecule has 1 atom stereocenters. The van der Waals surface area contributed by atoms with Crippen molar-refractivity contribution in [3.8, 4) is 23.0 Å². The average Bonchev–Trinajstić information content (AvgIpc) is 3.18. The molecule has 208 valence electrons. The van der Waals surface area contributed by atoms with Gasteiger partial charge in [-0.25, -0.2) is 4.79 Å². The number of carbonyl (C=O) groups is 2. The van der Waals surface area contributed by atoms with Crippen LogP contribution in [-0.2, 0) is 9.59 Å². The lowest BCUT2D eigenvalue weighted by molar-refractivity contribution is -0.192. The Labute approximate surface area is 216 Å². The molecule has 1 spiro atoms. The van der Waals surface area contributed by atoms with E-state index in [0.717, 1.165) is 11.5 Å². The summed E-state index contributed by atoms with van der Waals surface area (Å²) in [5, 5.41) is 30.4. The zero-order valence-corrected chi connectivity index (χ0v) is 20.7. The highest BCUT2D eigenvalue weighted by atomic mass is 19.4. The number of halogens is 3. The van der Waals surface area contributed by atoms with Crippen LogP contribution in [0.4, 0.5) is 18.9 Å². The number of anilines is 1. The minimum absolute atomic E-state index is 0.00310. The third-order valence-electron chi connectivity index (χ3n) is 5.68. The summed E-state index contributed by atoms with van der Waals surface area (Å²) in [6, 6.07) is 12.1.